The normalized spacial score (nSPS) is 20.1. The number of hydrogen-bond acceptors (Lipinski definition) is 4. The highest BCUT2D eigenvalue weighted by Gasteiger charge is 2.24. The number of nitrogens with one attached hydrogen (secondary N) is 1. The molecule has 1 aliphatic heterocycles. The first-order chi connectivity index (χ1) is 9.61. The van der Waals surface area contributed by atoms with Crippen LogP contribution in [0.1, 0.15) is 29.8 Å². The Morgan fingerprint density at radius 2 is 2.30 bits per heavy atom. The molecule has 0 radical (unpaired) electrons. The van der Waals surface area contributed by atoms with Gasteiger partial charge in [-0.2, -0.15) is 0 Å². The van der Waals surface area contributed by atoms with E-state index in [1.165, 1.54) is 12.7 Å². The molecule has 1 fully saturated rings. The molecule has 1 aliphatic rings. The quantitative estimate of drug-likeness (QED) is 0.853. The van der Waals surface area contributed by atoms with Crippen LogP contribution in [0, 0.1) is 5.92 Å². The summed E-state index contributed by atoms with van der Waals surface area (Å²) in [5, 5.41) is 3.45. The summed E-state index contributed by atoms with van der Waals surface area (Å²) in [5.74, 6) is 0.346. The summed E-state index contributed by atoms with van der Waals surface area (Å²) in [5.41, 5.74) is 1.79. The molecule has 0 amide bonds. The Bertz CT molecular complexity index is 460. The highest BCUT2D eigenvalue weighted by molar-refractivity contribution is 5.89. The van der Waals surface area contributed by atoms with E-state index in [4.69, 9.17) is 4.74 Å². The van der Waals surface area contributed by atoms with Crippen LogP contribution in [0.15, 0.2) is 24.3 Å². The van der Waals surface area contributed by atoms with E-state index in [9.17, 15) is 4.79 Å². The average molecular weight is 276 g/mol. The van der Waals surface area contributed by atoms with E-state index in [1.54, 1.807) is 6.07 Å². The maximum atomic E-state index is 11.6. The molecule has 1 heterocycles. The van der Waals surface area contributed by atoms with Crippen molar-refractivity contribution in [2.45, 2.75) is 26.4 Å². The van der Waals surface area contributed by atoms with Crippen LogP contribution in [0.2, 0.25) is 0 Å². The smallest absolute Gasteiger partial charge is 0.337 e. The zero-order valence-electron chi connectivity index (χ0n) is 12.6. The van der Waals surface area contributed by atoms with Gasteiger partial charge in [-0.1, -0.05) is 26.0 Å². The minimum atomic E-state index is -0.271. The molecular formula is C16H24N2O2. The van der Waals surface area contributed by atoms with Crippen LogP contribution in [-0.4, -0.2) is 43.7 Å². The van der Waals surface area contributed by atoms with Gasteiger partial charge in [0.2, 0.25) is 0 Å². The Labute approximate surface area is 121 Å². The van der Waals surface area contributed by atoms with E-state index in [2.05, 4.69) is 30.1 Å². The Morgan fingerprint density at radius 3 is 3.00 bits per heavy atom. The number of esters is 1. The number of methoxy groups -OCH3 is 1. The first kappa shape index (κ1) is 15.0. The van der Waals surface area contributed by atoms with Gasteiger partial charge in [-0.3, -0.25) is 4.90 Å². The predicted octanol–water partition coefficient (Wildman–Crippen LogP) is 1.90. The molecule has 0 saturated carbocycles. The number of carbonyl (C=O) groups is 1. The monoisotopic (exact) mass is 276 g/mol. The van der Waals surface area contributed by atoms with Crippen LogP contribution in [0.3, 0.4) is 0 Å². The van der Waals surface area contributed by atoms with Gasteiger partial charge in [0, 0.05) is 32.2 Å². The Morgan fingerprint density at radius 1 is 1.50 bits per heavy atom. The lowest BCUT2D eigenvalue weighted by Crippen LogP contribution is -2.52. The van der Waals surface area contributed by atoms with E-state index < -0.39 is 0 Å². The first-order valence-electron chi connectivity index (χ1n) is 7.24. The third kappa shape index (κ3) is 3.58. The maximum absolute atomic E-state index is 11.6. The third-order valence-electron chi connectivity index (χ3n) is 3.90. The summed E-state index contributed by atoms with van der Waals surface area (Å²) in [6, 6.07) is 8.28. The minimum absolute atomic E-state index is 0.271. The van der Waals surface area contributed by atoms with Gasteiger partial charge in [0.25, 0.3) is 0 Å². The van der Waals surface area contributed by atoms with E-state index in [-0.39, 0.29) is 5.97 Å². The number of hydrogen-bond donors (Lipinski definition) is 1. The van der Waals surface area contributed by atoms with Crippen LogP contribution in [-0.2, 0) is 11.3 Å². The van der Waals surface area contributed by atoms with Gasteiger partial charge in [0.1, 0.15) is 0 Å². The lowest BCUT2D eigenvalue weighted by molar-refractivity contribution is 0.0600. The number of carbonyl (C=O) groups excluding carboxylic acids is 1. The van der Waals surface area contributed by atoms with Gasteiger partial charge >= 0.3 is 5.97 Å². The van der Waals surface area contributed by atoms with Crippen molar-refractivity contribution in [2.24, 2.45) is 5.92 Å². The molecule has 0 bridgehead atoms. The summed E-state index contributed by atoms with van der Waals surface area (Å²) < 4.78 is 4.78. The van der Waals surface area contributed by atoms with Crippen LogP contribution in [0.5, 0.6) is 0 Å². The molecule has 1 saturated heterocycles. The van der Waals surface area contributed by atoms with Crippen molar-refractivity contribution < 1.29 is 9.53 Å². The van der Waals surface area contributed by atoms with Gasteiger partial charge in [-0.05, 0) is 23.6 Å². The molecule has 2 rings (SSSR count). The second kappa shape index (κ2) is 6.86. The Kier molecular flexibility index (Phi) is 5.15. The zero-order chi connectivity index (χ0) is 14.5. The second-order valence-corrected chi connectivity index (χ2v) is 5.68. The molecular weight excluding hydrogens is 252 g/mol. The average Bonchev–Trinajstić information content (AvgIpc) is 2.47. The highest BCUT2D eigenvalue weighted by Crippen LogP contribution is 2.17. The number of rotatable bonds is 4. The number of piperazine rings is 1. The standard InChI is InChI=1S/C16H24N2O2/c1-12(2)15-10-17-7-8-18(15)11-13-5-4-6-14(9-13)16(19)20-3/h4-6,9,12,15,17H,7-8,10-11H2,1-3H3/t15-/m1/s1. The largest absolute Gasteiger partial charge is 0.465 e. The molecule has 0 aromatic heterocycles. The van der Waals surface area contributed by atoms with Crippen molar-refractivity contribution in [3.63, 3.8) is 0 Å². The van der Waals surface area contributed by atoms with Crippen LogP contribution < -0.4 is 5.32 Å². The zero-order valence-corrected chi connectivity index (χ0v) is 12.6. The lowest BCUT2D eigenvalue weighted by Gasteiger charge is -2.38. The first-order valence-corrected chi connectivity index (χ1v) is 7.24. The summed E-state index contributed by atoms with van der Waals surface area (Å²) in [7, 11) is 1.42. The van der Waals surface area contributed by atoms with Gasteiger partial charge in [0.15, 0.2) is 0 Å². The molecule has 1 atom stereocenters. The third-order valence-corrected chi connectivity index (χ3v) is 3.90. The number of benzene rings is 1. The van der Waals surface area contributed by atoms with Crippen LogP contribution in [0.25, 0.3) is 0 Å². The minimum Gasteiger partial charge on any atom is -0.465 e. The molecule has 4 heteroatoms. The van der Waals surface area contributed by atoms with Gasteiger partial charge in [-0.15, -0.1) is 0 Å². The molecule has 110 valence electrons. The van der Waals surface area contributed by atoms with E-state index in [0.717, 1.165) is 26.2 Å². The number of nitrogens with zero attached hydrogens (tertiary/aromatic N) is 1. The topological polar surface area (TPSA) is 41.6 Å². The summed E-state index contributed by atoms with van der Waals surface area (Å²) in [4.78, 5) is 14.1. The van der Waals surface area contributed by atoms with E-state index in [0.29, 0.717) is 17.5 Å². The molecule has 1 N–H and O–H groups in total. The van der Waals surface area contributed by atoms with Gasteiger partial charge < -0.3 is 10.1 Å². The molecule has 20 heavy (non-hydrogen) atoms. The fraction of sp³-hybridized carbons (Fsp3) is 0.562. The molecule has 0 aliphatic carbocycles. The Hall–Kier alpha value is -1.39. The fourth-order valence-corrected chi connectivity index (χ4v) is 2.77. The molecule has 0 spiro atoms. The number of ether oxygens (including phenoxy) is 1. The fourth-order valence-electron chi connectivity index (χ4n) is 2.77. The van der Waals surface area contributed by atoms with Crippen molar-refractivity contribution >= 4 is 5.97 Å². The van der Waals surface area contributed by atoms with Crippen molar-refractivity contribution in [2.75, 3.05) is 26.7 Å². The Balaban J connectivity index is 2.10. The van der Waals surface area contributed by atoms with Crippen molar-refractivity contribution in [3.8, 4) is 0 Å². The highest BCUT2D eigenvalue weighted by atomic mass is 16.5. The second-order valence-electron chi connectivity index (χ2n) is 5.68. The molecule has 0 unspecified atom stereocenters. The van der Waals surface area contributed by atoms with E-state index >= 15 is 0 Å². The van der Waals surface area contributed by atoms with Crippen molar-refractivity contribution in [1.82, 2.24) is 10.2 Å². The SMILES string of the molecule is COC(=O)c1cccc(CN2CCNC[C@@H]2C(C)C)c1. The van der Waals surface area contributed by atoms with Crippen molar-refractivity contribution in [3.05, 3.63) is 35.4 Å². The summed E-state index contributed by atoms with van der Waals surface area (Å²) in [6.45, 7) is 8.51. The summed E-state index contributed by atoms with van der Waals surface area (Å²) in [6.07, 6.45) is 0. The lowest BCUT2D eigenvalue weighted by atomic mass is 9.99. The molecule has 1 aromatic rings. The van der Waals surface area contributed by atoms with Crippen LogP contribution >= 0.6 is 0 Å². The van der Waals surface area contributed by atoms with Gasteiger partial charge in [0.05, 0.1) is 12.7 Å². The maximum Gasteiger partial charge on any atom is 0.337 e. The molecule has 1 aromatic carbocycles. The predicted molar refractivity (Wildman–Crippen MR) is 79.7 cm³/mol. The summed E-state index contributed by atoms with van der Waals surface area (Å²) >= 11 is 0. The van der Waals surface area contributed by atoms with Gasteiger partial charge in [-0.25, -0.2) is 4.79 Å². The molecule has 4 nitrogen and oxygen atoms in total. The van der Waals surface area contributed by atoms with E-state index in [1.807, 2.05) is 12.1 Å². The van der Waals surface area contributed by atoms with Crippen molar-refractivity contribution in [1.29, 1.82) is 0 Å². The van der Waals surface area contributed by atoms with Crippen LogP contribution in [0.4, 0.5) is 0 Å².